The number of rotatable bonds is 3. The number of aliphatic hydroxyl groups is 1. The Bertz CT molecular complexity index is 994. The van der Waals surface area contributed by atoms with Crippen LogP contribution in [0, 0.1) is 6.92 Å². The molecular weight excluding hydrogens is 354 g/mol. The van der Waals surface area contributed by atoms with E-state index >= 15 is 0 Å². The van der Waals surface area contributed by atoms with Gasteiger partial charge < -0.3 is 10.1 Å². The first-order valence-electron chi connectivity index (χ1n) is 7.70. The number of H-pyrrole nitrogens is 1. The fourth-order valence-corrected chi connectivity index (χ4v) is 3.46. The molecule has 26 heavy (non-hydrogen) atoms. The Balaban J connectivity index is 1.92. The molecule has 0 radical (unpaired) electrons. The number of aromatic nitrogens is 4. The van der Waals surface area contributed by atoms with E-state index in [9.17, 15) is 14.7 Å². The van der Waals surface area contributed by atoms with Crippen LogP contribution in [0.15, 0.2) is 47.9 Å². The van der Waals surface area contributed by atoms with Gasteiger partial charge in [-0.2, -0.15) is 0 Å². The summed E-state index contributed by atoms with van der Waals surface area (Å²) in [4.78, 5) is 33.5. The van der Waals surface area contributed by atoms with Crippen molar-refractivity contribution < 1.29 is 14.7 Å². The lowest BCUT2D eigenvalue weighted by molar-refractivity contribution is -0.132. The molecule has 1 unspecified atom stereocenters. The van der Waals surface area contributed by atoms with Crippen molar-refractivity contribution in [2.45, 2.75) is 13.0 Å². The normalized spacial score (nSPS) is 19.3. The van der Waals surface area contributed by atoms with E-state index in [1.165, 1.54) is 22.9 Å². The number of nitrogens with zero attached hydrogens (tertiary/aromatic N) is 4. The van der Waals surface area contributed by atoms with Crippen LogP contribution < -0.4 is 4.90 Å². The van der Waals surface area contributed by atoms with Crippen molar-refractivity contribution in [2.24, 2.45) is 0 Å². The summed E-state index contributed by atoms with van der Waals surface area (Å²) >= 11 is 1.13. The minimum atomic E-state index is -0.855. The van der Waals surface area contributed by atoms with Gasteiger partial charge >= 0.3 is 5.91 Å². The number of aryl methyl sites for hydroxylation is 1. The number of nitrogens with one attached hydrogen (secondary N) is 1. The Kier molecular flexibility index (Phi) is 3.85. The monoisotopic (exact) mass is 367 g/mol. The molecule has 0 bridgehead atoms. The van der Waals surface area contributed by atoms with Crippen molar-refractivity contribution in [3.05, 3.63) is 64.7 Å². The Morgan fingerprint density at radius 2 is 2.04 bits per heavy atom. The SMILES string of the molecule is Cc1ccc(/C(O)=C2\C(=O)C(=O)N(c3nncs3)C2c2cnc[nH]2)cc1. The zero-order chi connectivity index (χ0) is 18.3. The van der Waals surface area contributed by atoms with Crippen LogP contribution in [-0.2, 0) is 9.59 Å². The molecule has 2 N–H and O–H groups in total. The standard InChI is InChI=1S/C17H13N5O3S/c1-9-2-4-10(5-3-9)14(23)12-13(11-6-18-7-19-11)22(16(25)15(12)24)17-21-20-8-26-17/h2-8,13,23H,1H3,(H,18,19)/b14-12+. The highest BCUT2D eigenvalue weighted by Crippen LogP contribution is 2.41. The van der Waals surface area contributed by atoms with Gasteiger partial charge in [0.2, 0.25) is 5.13 Å². The van der Waals surface area contributed by atoms with Crippen LogP contribution in [0.3, 0.4) is 0 Å². The number of aliphatic hydroxyl groups excluding tert-OH is 1. The maximum atomic E-state index is 12.7. The Morgan fingerprint density at radius 1 is 1.27 bits per heavy atom. The molecule has 1 aliphatic rings. The third kappa shape index (κ3) is 2.49. The maximum absolute atomic E-state index is 12.7. The van der Waals surface area contributed by atoms with Gasteiger partial charge in [-0.1, -0.05) is 41.2 Å². The van der Waals surface area contributed by atoms with Crippen LogP contribution >= 0.6 is 11.3 Å². The smallest absolute Gasteiger partial charge is 0.302 e. The molecule has 3 aromatic rings. The molecule has 1 aliphatic heterocycles. The predicted molar refractivity (Wildman–Crippen MR) is 94.5 cm³/mol. The molecule has 0 spiro atoms. The number of imidazole rings is 1. The molecule has 2 aromatic heterocycles. The number of Topliss-reactive ketones (excluding diaryl/α,β-unsaturated/α-hetero) is 1. The minimum Gasteiger partial charge on any atom is -0.507 e. The number of anilines is 1. The van der Waals surface area contributed by atoms with Crippen LogP contribution in [0.5, 0.6) is 0 Å². The summed E-state index contributed by atoms with van der Waals surface area (Å²) in [6.45, 7) is 1.92. The molecule has 1 amide bonds. The molecule has 0 aliphatic carbocycles. The van der Waals surface area contributed by atoms with Crippen molar-refractivity contribution in [3.8, 4) is 0 Å². The summed E-state index contributed by atoms with van der Waals surface area (Å²) < 4.78 is 0. The minimum absolute atomic E-state index is 0.0155. The third-order valence-electron chi connectivity index (χ3n) is 4.14. The van der Waals surface area contributed by atoms with Gasteiger partial charge in [-0.15, -0.1) is 10.2 Å². The fourth-order valence-electron chi connectivity index (χ4n) is 2.88. The zero-order valence-corrected chi connectivity index (χ0v) is 14.4. The molecule has 0 saturated carbocycles. The van der Waals surface area contributed by atoms with Crippen molar-refractivity contribution >= 4 is 33.9 Å². The van der Waals surface area contributed by atoms with Crippen LogP contribution in [0.4, 0.5) is 5.13 Å². The Morgan fingerprint density at radius 3 is 2.65 bits per heavy atom. The van der Waals surface area contributed by atoms with Gasteiger partial charge in [-0.05, 0) is 6.92 Å². The topological polar surface area (TPSA) is 112 Å². The van der Waals surface area contributed by atoms with Crippen molar-refractivity contribution in [1.82, 2.24) is 20.2 Å². The van der Waals surface area contributed by atoms with Crippen LogP contribution in [0.1, 0.15) is 22.9 Å². The summed E-state index contributed by atoms with van der Waals surface area (Å²) in [6, 6.07) is 6.19. The second kappa shape index (κ2) is 6.19. The highest BCUT2D eigenvalue weighted by Gasteiger charge is 2.48. The summed E-state index contributed by atoms with van der Waals surface area (Å²) in [6.07, 6.45) is 2.95. The zero-order valence-electron chi connectivity index (χ0n) is 13.6. The maximum Gasteiger partial charge on any atom is 0.302 e. The van der Waals surface area contributed by atoms with Crippen molar-refractivity contribution in [1.29, 1.82) is 0 Å². The number of hydrogen-bond donors (Lipinski definition) is 2. The highest BCUT2D eigenvalue weighted by molar-refractivity contribution is 7.13. The van der Waals surface area contributed by atoms with E-state index in [4.69, 9.17) is 0 Å². The van der Waals surface area contributed by atoms with Crippen molar-refractivity contribution in [2.75, 3.05) is 4.90 Å². The van der Waals surface area contributed by atoms with Crippen LogP contribution in [0.25, 0.3) is 5.76 Å². The molecule has 9 heteroatoms. The lowest BCUT2D eigenvalue weighted by atomic mass is 9.99. The summed E-state index contributed by atoms with van der Waals surface area (Å²) in [7, 11) is 0. The van der Waals surface area contributed by atoms with Gasteiger partial charge in [0.25, 0.3) is 5.78 Å². The predicted octanol–water partition coefficient (Wildman–Crippen LogP) is 2.20. The number of hydrogen-bond acceptors (Lipinski definition) is 7. The first-order chi connectivity index (χ1) is 12.6. The van der Waals surface area contributed by atoms with E-state index in [1.54, 1.807) is 12.1 Å². The van der Waals surface area contributed by atoms with E-state index in [0.717, 1.165) is 16.9 Å². The fraction of sp³-hybridized carbons (Fsp3) is 0.118. The number of aromatic amines is 1. The molecule has 1 saturated heterocycles. The number of ketones is 1. The number of carbonyl (C=O) groups excluding carboxylic acids is 2. The second-order valence-corrected chi connectivity index (χ2v) is 6.58. The molecule has 4 rings (SSSR count). The lowest BCUT2D eigenvalue weighted by Crippen LogP contribution is -2.29. The van der Waals surface area contributed by atoms with E-state index in [-0.39, 0.29) is 16.5 Å². The molecule has 3 heterocycles. The van der Waals surface area contributed by atoms with E-state index in [1.807, 2.05) is 19.1 Å². The Hall–Kier alpha value is -3.33. The molecule has 1 atom stereocenters. The molecular formula is C17H13N5O3S. The summed E-state index contributed by atoms with van der Waals surface area (Å²) in [5.74, 6) is -1.79. The van der Waals surface area contributed by atoms with Crippen LogP contribution in [0.2, 0.25) is 0 Å². The van der Waals surface area contributed by atoms with E-state index in [2.05, 4.69) is 20.2 Å². The van der Waals surface area contributed by atoms with Crippen LogP contribution in [-0.4, -0.2) is 37.0 Å². The molecule has 1 aromatic carbocycles. The first kappa shape index (κ1) is 16.2. The number of amides is 1. The van der Waals surface area contributed by atoms with Gasteiger partial charge in [-0.25, -0.2) is 4.98 Å². The number of benzene rings is 1. The Labute approximate surface area is 151 Å². The van der Waals surface area contributed by atoms with Gasteiger partial charge in [0.1, 0.15) is 17.3 Å². The van der Waals surface area contributed by atoms with E-state index < -0.39 is 17.7 Å². The lowest BCUT2D eigenvalue weighted by Gasteiger charge is -2.20. The van der Waals surface area contributed by atoms with Gasteiger partial charge in [0, 0.05) is 5.56 Å². The molecule has 1 fully saturated rings. The largest absolute Gasteiger partial charge is 0.507 e. The van der Waals surface area contributed by atoms with Gasteiger partial charge in [-0.3, -0.25) is 14.5 Å². The summed E-state index contributed by atoms with van der Waals surface area (Å²) in [5.41, 5.74) is 3.42. The van der Waals surface area contributed by atoms with Crippen molar-refractivity contribution in [3.63, 3.8) is 0 Å². The average Bonchev–Trinajstić information content (AvgIpc) is 3.37. The molecule has 8 nitrogen and oxygen atoms in total. The average molecular weight is 367 g/mol. The molecule has 130 valence electrons. The third-order valence-corrected chi connectivity index (χ3v) is 4.83. The second-order valence-electron chi connectivity index (χ2n) is 5.76. The number of carbonyl (C=O) groups is 2. The van der Waals surface area contributed by atoms with E-state index in [0.29, 0.717) is 11.3 Å². The highest BCUT2D eigenvalue weighted by atomic mass is 32.1. The van der Waals surface area contributed by atoms with Gasteiger partial charge in [0.15, 0.2) is 0 Å². The first-order valence-corrected chi connectivity index (χ1v) is 8.58. The quantitative estimate of drug-likeness (QED) is 0.417. The van der Waals surface area contributed by atoms with Gasteiger partial charge in [0.05, 0.1) is 23.8 Å². The summed E-state index contributed by atoms with van der Waals surface area (Å²) in [5, 5.41) is 18.7.